The fraction of sp³-hybridized carbons (Fsp3) is 0.429. The molecule has 0 aliphatic heterocycles. The molecule has 0 aromatic carbocycles. The third-order valence-corrected chi connectivity index (χ3v) is 2.83. The quantitative estimate of drug-likeness (QED) is 0.346. The van der Waals surface area contributed by atoms with Gasteiger partial charge in [-0.1, -0.05) is 16.7 Å². The number of hydrogen-bond acceptors (Lipinski definition) is 5. The van der Waals surface area contributed by atoms with Crippen molar-refractivity contribution in [1.29, 1.82) is 0 Å². The standard InChI is InChI=1S/C7H9ClN6OS/c8-4-3-12-7(16-4)5(6(9)15)11-1-2-13-14-10/h3,5,11H,1-2H2,(H2,9,15). The van der Waals surface area contributed by atoms with E-state index in [4.69, 9.17) is 22.9 Å². The molecule has 1 atom stereocenters. The zero-order chi connectivity index (χ0) is 12.0. The van der Waals surface area contributed by atoms with E-state index in [0.29, 0.717) is 15.9 Å². The molecule has 1 aromatic rings. The van der Waals surface area contributed by atoms with Crippen LogP contribution in [0, 0.1) is 0 Å². The van der Waals surface area contributed by atoms with Crippen molar-refractivity contribution in [2.24, 2.45) is 10.8 Å². The van der Waals surface area contributed by atoms with Gasteiger partial charge in [0, 0.05) is 18.0 Å². The number of carbonyl (C=O) groups is 1. The fourth-order valence-corrected chi connectivity index (χ4v) is 2.03. The fourth-order valence-electron chi connectivity index (χ4n) is 1.01. The summed E-state index contributed by atoms with van der Waals surface area (Å²) in [4.78, 5) is 17.7. The molecule has 1 unspecified atom stereocenters. The zero-order valence-corrected chi connectivity index (χ0v) is 9.70. The van der Waals surface area contributed by atoms with Crippen molar-refractivity contribution in [3.05, 3.63) is 26.0 Å². The van der Waals surface area contributed by atoms with Gasteiger partial charge < -0.3 is 11.1 Å². The number of amides is 1. The number of primary amides is 1. The Morgan fingerprint density at radius 2 is 2.62 bits per heavy atom. The maximum absolute atomic E-state index is 11.2. The van der Waals surface area contributed by atoms with Gasteiger partial charge in [0.05, 0.1) is 6.20 Å². The highest BCUT2D eigenvalue weighted by Crippen LogP contribution is 2.23. The van der Waals surface area contributed by atoms with Crippen molar-refractivity contribution >= 4 is 28.8 Å². The largest absolute Gasteiger partial charge is 0.368 e. The summed E-state index contributed by atoms with van der Waals surface area (Å²) in [5, 5.41) is 6.66. The summed E-state index contributed by atoms with van der Waals surface area (Å²) in [6, 6.07) is -0.702. The third kappa shape index (κ3) is 3.67. The predicted molar refractivity (Wildman–Crippen MR) is 61.1 cm³/mol. The van der Waals surface area contributed by atoms with Crippen molar-refractivity contribution in [3.8, 4) is 0 Å². The molecule has 9 heteroatoms. The van der Waals surface area contributed by atoms with E-state index in [1.807, 2.05) is 0 Å². The first kappa shape index (κ1) is 12.7. The molecule has 1 aromatic heterocycles. The molecule has 0 aliphatic rings. The number of aromatic nitrogens is 1. The summed E-state index contributed by atoms with van der Waals surface area (Å²) >= 11 is 6.88. The van der Waals surface area contributed by atoms with Crippen LogP contribution in [0.15, 0.2) is 11.3 Å². The molecular formula is C7H9ClN6OS. The molecule has 0 spiro atoms. The highest BCUT2D eigenvalue weighted by molar-refractivity contribution is 7.16. The van der Waals surface area contributed by atoms with E-state index in [1.54, 1.807) is 0 Å². The molecule has 86 valence electrons. The first-order chi connectivity index (χ1) is 7.65. The average molecular weight is 261 g/mol. The molecule has 7 nitrogen and oxygen atoms in total. The van der Waals surface area contributed by atoms with E-state index in [0.717, 1.165) is 0 Å². The molecular weight excluding hydrogens is 252 g/mol. The molecule has 16 heavy (non-hydrogen) atoms. The minimum atomic E-state index is -0.702. The Labute approximate surface area is 100 Å². The van der Waals surface area contributed by atoms with E-state index < -0.39 is 11.9 Å². The van der Waals surface area contributed by atoms with Crippen LogP contribution in [0.3, 0.4) is 0 Å². The van der Waals surface area contributed by atoms with Crippen LogP contribution in [-0.4, -0.2) is 24.0 Å². The zero-order valence-electron chi connectivity index (χ0n) is 8.13. The number of nitrogens with two attached hydrogens (primary N) is 1. The lowest BCUT2D eigenvalue weighted by Crippen LogP contribution is -2.34. The van der Waals surface area contributed by atoms with Crippen LogP contribution in [0.2, 0.25) is 4.34 Å². The molecule has 1 rings (SSSR count). The number of thiazole rings is 1. The third-order valence-electron chi connectivity index (χ3n) is 1.65. The van der Waals surface area contributed by atoms with Gasteiger partial charge in [-0.2, -0.15) is 0 Å². The summed E-state index contributed by atoms with van der Waals surface area (Å²) in [6.07, 6.45) is 1.45. The van der Waals surface area contributed by atoms with Crippen molar-refractivity contribution in [2.75, 3.05) is 13.1 Å². The lowest BCUT2D eigenvalue weighted by molar-refractivity contribution is -0.120. The molecule has 3 N–H and O–H groups in total. The van der Waals surface area contributed by atoms with Crippen molar-refractivity contribution in [3.63, 3.8) is 0 Å². The second kappa shape index (κ2) is 6.29. The number of rotatable bonds is 6. The summed E-state index contributed by atoms with van der Waals surface area (Å²) in [7, 11) is 0. The SMILES string of the molecule is [N-]=[N+]=NCCNC(C(N)=O)c1ncc(Cl)s1. The Kier molecular flexibility index (Phi) is 5.00. The topological polar surface area (TPSA) is 117 Å². The molecule has 0 bridgehead atoms. The molecule has 0 aliphatic carbocycles. The van der Waals surface area contributed by atoms with Gasteiger partial charge in [-0.3, -0.25) is 4.79 Å². The Morgan fingerprint density at radius 1 is 1.88 bits per heavy atom. The second-order valence-electron chi connectivity index (χ2n) is 2.75. The molecule has 0 saturated carbocycles. The number of halogens is 1. The number of azide groups is 1. The van der Waals surface area contributed by atoms with Crippen molar-refractivity contribution in [2.45, 2.75) is 6.04 Å². The number of hydrogen-bond donors (Lipinski definition) is 2. The summed E-state index contributed by atoms with van der Waals surface area (Å²) in [5.41, 5.74) is 13.3. The Hall–Kier alpha value is -1.34. The van der Waals surface area contributed by atoms with Crippen LogP contribution >= 0.6 is 22.9 Å². The van der Waals surface area contributed by atoms with Gasteiger partial charge in [-0.25, -0.2) is 4.98 Å². The lowest BCUT2D eigenvalue weighted by atomic mass is 10.3. The smallest absolute Gasteiger partial charge is 0.241 e. The van der Waals surface area contributed by atoms with Crippen molar-refractivity contribution < 1.29 is 4.79 Å². The molecule has 1 amide bonds. The minimum Gasteiger partial charge on any atom is -0.368 e. The normalized spacial score (nSPS) is 11.8. The van der Waals surface area contributed by atoms with Gasteiger partial charge in [-0.05, 0) is 5.53 Å². The number of carbonyl (C=O) groups excluding carboxylic acids is 1. The van der Waals surface area contributed by atoms with Gasteiger partial charge in [0.1, 0.15) is 15.4 Å². The molecule has 0 saturated heterocycles. The molecule has 0 fully saturated rings. The van der Waals surface area contributed by atoms with Gasteiger partial charge in [0.25, 0.3) is 0 Å². The summed E-state index contributed by atoms with van der Waals surface area (Å²) in [5.74, 6) is -0.549. The summed E-state index contributed by atoms with van der Waals surface area (Å²) < 4.78 is 0.484. The van der Waals surface area contributed by atoms with Crippen LogP contribution in [0.4, 0.5) is 0 Å². The van der Waals surface area contributed by atoms with Gasteiger partial charge in [0.15, 0.2) is 0 Å². The van der Waals surface area contributed by atoms with Gasteiger partial charge in [0.2, 0.25) is 5.91 Å². The highest BCUT2D eigenvalue weighted by Gasteiger charge is 2.20. The van der Waals surface area contributed by atoms with Crippen molar-refractivity contribution in [1.82, 2.24) is 10.3 Å². The van der Waals surface area contributed by atoms with Crippen LogP contribution < -0.4 is 11.1 Å². The van der Waals surface area contributed by atoms with Gasteiger partial charge in [-0.15, -0.1) is 11.3 Å². The number of nitrogens with one attached hydrogen (secondary N) is 1. The highest BCUT2D eigenvalue weighted by atomic mass is 35.5. The number of nitrogens with zero attached hydrogens (tertiary/aromatic N) is 4. The first-order valence-electron chi connectivity index (χ1n) is 4.30. The Morgan fingerprint density at radius 3 is 3.12 bits per heavy atom. The molecule has 1 heterocycles. The Bertz CT molecular complexity index is 415. The second-order valence-corrected chi connectivity index (χ2v) is 4.44. The predicted octanol–water partition coefficient (Wildman–Crippen LogP) is 1.22. The minimum absolute atomic E-state index is 0.236. The van der Waals surface area contributed by atoms with E-state index in [9.17, 15) is 4.79 Å². The average Bonchev–Trinajstić information content (AvgIpc) is 2.64. The Balaban J connectivity index is 2.61. The maximum Gasteiger partial charge on any atom is 0.241 e. The lowest BCUT2D eigenvalue weighted by Gasteiger charge is -2.11. The monoisotopic (exact) mass is 260 g/mol. The van der Waals surface area contributed by atoms with E-state index in [1.165, 1.54) is 17.5 Å². The van der Waals surface area contributed by atoms with Crippen LogP contribution in [0.5, 0.6) is 0 Å². The van der Waals surface area contributed by atoms with Gasteiger partial charge >= 0.3 is 0 Å². The summed E-state index contributed by atoms with van der Waals surface area (Å²) in [6.45, 7) is 0.578. The van der Waals surface area contributed by atoms with Crippen LogP contribution in [0.25, 0.3) is 10.4 Å². The van der Waals surface area contributed by atoms with E-state index >= 15 is 0 Å². The van der Waals surface area contributed by atoms with Crippen LogP contribution in [-0.2, 0) is 4.79 Å². The first-order valence-corrected chi connectivity index (χ1v) is 5.49. The van der Waals surface area contributed by atoms with Crippen LogP contribution in [0.1, 0.15) is 11.0 Å². The van der Waals surface area contributed by atoms with E-state index in [-0.39, 0.29) is 6.54 Å². The maximum atomic E-state index is 11.2. The van der Waals surface area contributed by atoms with E-state index in [2.05, 4.69) is 20.3 Å². The molecule has 0 radical (unpaired) electrons.